The van der Waals surface area contributed by atoms with E-state index < -0.39 is 34.5 Å². The lowest BCUT2D eigenvalue weighted by Crippen LogP contribution is -2.58. The van der Waals surface area contributed by atoms with E-state index in [1.165, 1.54) is 79.2 Å². The van der Waals surface area contributed by atoms with Crippen LogP contribution < -0.4 is 0 Å². The summed E-state index contributed by atoms with van der Waals surface area (Å²) >= 11 is 0. The Balaban J connectivity index is 0.000000322. The molecule has 0 spiro atoms. The van der Waals surface area contributed by atoms with Crippen molar-refractivity contribution >= 4 is 47.8 Å². The lowest BCUT2D eigenvalue weighted by Gasteiger charge is -2.59. The van der Waals surface area contributed by atoms with Gasteiger partial charge in [0, 0.05) is 16.7 Å². The van der Waals surface area contributed by atoms with Crippen molar-refractivity contribution in [1.82, 2.24) is 0 Å². The van der Waals surface area contributed by atoms with Gasteiger partial charge in [-0.05, 0) is 160 Å². The van der Waals surface area contributed by atoms with Gasteiger partial charge in [-0.15, -0.1) is 0 Å². The number of fused-ring (bicyclic) bond motifs is 4. The van der Waals surface area contributed by atoms with Gasteiger partial charge in [0.15, 0.2) is 0 Å². The van der Waals surface area contributed by atoms with Gasteiger partial charge in [0.05, 0.1) is 104 Å². The molecule has 0 aromatic rings. The fraction of sp³-hybridized carbons (Fsp3) is 0.684. The molecule has 8 rings (SSSR count). The molecule has 0 aromatic carbocycles. The van der Waals surface area contributed by atoms with Crippen LogP contribution >= 0.6 is 0 Å². The number of esters is 8. The maximum atomic E-state index is 12.7. The Hall–Kier alpha value is -6.32. The number of allylic oxidation sites excluding steroid dienone is 16. The topological polar surface area (TPSA) is 210 Å². The van der Waals surface area contributed by atoms with E-state index in [0.29, 0.717) is 18.8 Å². The predicted octanol–water partition coefficient (Wildman–Crippen LogP) is 15.2. The van der Waals surface area contributed by atoms with Gasteiger partial charge in [-0.2, -0.15) is 0 Å². The zero-order valence-electron chi connectivity index (χ0n) is 60.6. The van der Waals surface area contributed by atoms with E-state index >= 15 is 0 Å². The summed E-state index contributed by atoms with van der Waals surface area (Å²) in [5.74, 6) is -4.11. The average molecular weight is 1290 g/mol. The van der Waals surface area contributed by atoms with Gasteiger partial charge in [-0.25, -0.2) is 0 Å². The van der Waals surface area contributed by atoms with Crippen molar-refractivity contribution in [3.05, 3.63) is 94.2 Å². The summed E-state index contributed by atoms with van der Waals surface area (Å²) in [4.78, 5) is 98.8. The number of hydrogen-bond acceptors (Lipinski definition) is 16. The van der Waals surface area contributed by atoms with E-state index in [0.717, 1.165) is 62.5 Å². The maximum absolute atomic E-state index is 12.7. The Kier molecular flexibility index (Phi) is 29.7. The molecule has 516 valence electrons. The number of ether oxygens (including phenoxy) is 8. The molecule has 2 saturated carbocycles. The summed E-state index contributed by atoms with van der Waals surface area (Å²) in [6.45, 7) is 33.2. The minimum absolute atomic E-state index is 0.0278. The molecule has 92 heavy (non-hydrogen) atoms. The van der Waals surface area contributed by atoms with Gasteiger partial charge in [-0.1, -0.05) is 150 Å². The standard InChI is InChI=1S/C22H34O4.C21H32O4.C17H26O4.C16H24O4/c1-15(2)9-8-10-16(3)11-19-12-17(4)18(5)22(13-19,21(24)26-7)14-20(23)25-6;1-13(2)9-8-10-14(3)11-17-12-15(4)16(5)18(20(22)24-6)19(17)21(23)25-7;1-12(2)16-8-6-15(3,7-9-16)17(11-16,14(19)21-5)10-13(18)20-4;1-10(2)16-8-6-15(3,7-9-16)11(13(17)19-4)12(16)14(18)20-5/h9,11-12,18-19H,8,10,13-14H2,1-7H3;9,11-12,16-19H,8,10H2,1-7H3;6,8,12H,7,9-11H2,1-5H3;6,8,10-12H,7,9H2,1-5H3/b16-11+;14-11+;;. The van der Waals surface area contributed by atoms with Crippen molar-refractivity contribution in [3.8, 4) is 0 Å². The van der Waals surface area contributed by atoms with Crippen molar-refractivity contribution in [2.45, 2.75) is 188 Å². The van der Waals surface area contributed by atoms with E-state index in [-0.39, 0.29) is 112 Å². The van der Waals surface area contributed by atoms with Crippen molar-refractivity contribution in [2.24, 2.45) is 91.7 Å². The largest absolute Gasteiger partial charge is 0.469 e. The van der Waals surface area contributed by atoms with Gasteiger partial charge >= 0.3 is 47.8 Å². The lowest BCUT2D eigenvalue weighted by molar-refractivity contribution is -0.178. The second kappa shape index (κ2) is 34.2. The lowest BCUT2D eigenvalue weighted by atomic mass is 9.43. The molecule has 8 aliphatic rings. The first-order chi connectivity index (χ1) is 42.9. The highest BCUT2D eigenvalue weighted by Gasteiger charge is 2.65. The van der Waals surface area contributed by atoms with Crippen LogP contribution in [-0.4, -0.2) is 105 Å². The van der Waals surface area contributed by atoms with Crippen LogP contribution in [0.25, 0.3) is 0 Å². The molecule has 0 amide bonds. The molecule has 0 radical (unpaired) electrons. The quantitative estimate of drug-likeness (QED) is 0.0630. The monoisotopic (exact) mass is 1280 g/mol. The summed E-state index contributed by atoms with van der Waals surface area (Å²) in [5, 5.41) is 0. The van der Waals surface area contributed by atoms with Crippen LogP contribution in [0, 0.1) is 91.7 Å². The first-order valence-electron chi connectivity index (χ1n) is 33.0. The molecule has 16 nitrogen and oxygen atoms in total. The van der Waals surface area contributed by atoms with E-state index in [1.807, 2.05) is 34.6 Å². The Morgan fingerprint density at radius 1 is 0.533 bits per heavy atom. The molecule has 0 heterocycles. The molecular formula is C76H116O16. The van der Waals surface area contributed by atoms with Gasteiger partial charge in [0.2, 0.25) is 0 Å². The van der Waals surface area contributed by atoms with Crippen LogP contribution in [0.3, 0.4) is 0 Å². The summed E-state index contributed by atoms with van der Waals surface area (Å²) in [6, 6.07) is 0. The van der Waals surface area contributed by atoms with E-state index in [9.17, 15) is 38.4 Å². The molecule has 2 fully saturated rings. The van der Waals surface area contributed by atoms with Crippen molar-refractivity contribution < 1.29 is 76.3 Å². The number of methoxy groups -OCH3 is 8. The van der Waals surface area contributed by atoms with E-state index in [1.54, 1.807) is 0 Å². The first-order valence-corrected chi connectivity index (χ1v) is 33.0. The Bertz CT molecular complexity index is 2890. The summed E-state index contributed by atoms with van der Waals surface area (Å²) in [5.41, 5.74) is 4.67. The smallest absolute Gasteiger partial charge is 0.313 e. The molecule has 0 saturated heterocycles. The normalized spacial score (nSPS) is 31.6. The summed E-state index contributed by atoms with van der Waals surface area (Å²) in [7, 11) is 11.0. The van der Waals surface area contributed by atoms with Gasteiger partial charge < -0.3 is 37.9 Å². The SMILES string of the molecule is COC(=O)C1C(/C=C(\C)CCC=C(C)C)C=C(C)C(C)C1C(=O)OC.COC(=O)C1C(C(=O)OC)C2(C(C)C)C=CC1(C)CC2.COC(=O)CC1(C(=O)OC)CC(/C=C(\C)CCC=C(C)C)C=C(C)C1C.COC(=O)CC1(C(=O)OC)CC2(C(C)C)C=CC1(C)CC2. The van der Waals surface area contributed by atoms with Crippen molar-refractivity contribution in [2.75, 3.05) is 56.9 Å². The first kappa shape index (κ1) is 79.9. The molecule has 0 N–H and O–H groups in total. The Morgan fingerprint density at radius 2 is 1.04 bits per heavy atom. The number of rotatable bonds is 20. The second-order valence-electron chi connectivity index (χ2n) is 28.7. The Morgan fingerprint density at radius 3 is 1.49 bits per heavy atom. The highest BCUT2D eigenvalue weighted by molar-refractivity contribution is 5.87. The number of hydrogen-bond donors (Lipinski definition) is 0. The third kappa shape index (κ3) is 18.1. The Labute approximate surface area is 552 Å². The van der Waals surface area contributed by atoms with Crippen LogP contribution in [0.15, 0.2) is 94.2 Å². The van der Waals surface area contributed by atoms with Crippen LogP contribution in [0.1, 0.15) is 188 Å². The molecule has 0 aliphatic heterocycles. The minimum Gasteiger partial charge on any atom is -0.469 e. The molecule has 0 aromatic heterocycles. The van der Waals surface area contributed by atoms with E-state index in [4.69, 9.17) is 37.9 Å². The number of carbonyl (C=O) groups is 8. The zero-order chi connectivity index (χ0) is 70.1. The fourth-order valence-corrected chi connectivity index (χ4v) is 15.5. The minimum atomic E-state index is -0.873. The third-order valence-electron chi connectivity index (χ3n) is 22.0. The summed E-state index contributed by atoms with van der Waals surface area (Å²) < 4.78 is 39.9. The van der Waals surface area contributed by atoms with Gasteiger partial charge in [0.1, 0.15) is 0 Å². The molecule has 8 aliphatic carbocycles. The predicted molar refractivity (Wildman–Crippen MR) is 359 cm³/mol. The maximum Gasteiger partial charge on any atom is 0.313 e. The molecule has 14 atom stereocenters. The fourth-order valence-electron chi connectivity index (χ4n) is 15.5. The zero-order valence-corrected chi connectivity index (χ0v) is 60.6. The molecule has 16 heteroatoms. The highest BCUT2D eigenvalue weighted by atomic mass is 16.6. The van der Waals surface area contributed by atoms with Crippen molar-refractivity contribution in [3.63, 3.8) is 0 Å². The molecule has 14 unspecified atom stereocenters. The van der Waals surface area contributed by atoms with Crippen LogP contribution in [0.4, 0.5) is 0 Å². The third-order valence-corrected chi connectivity index (χ3v) is 22.0. The highest BCUT2D eigenvalue weighted by Crippen LogP contribution is 2.66. The summed E-state index contributed by atoms with van der Waals surface area (Å²) in [6.07, 6.45) is 30.7. The van der Waals surface area contributed by atoms with Crippen LogP contribution in [0.2, 0.25) is 0 Å². The molecule has 4 bridgehead atoms. The second-order valence-corrected chi connectivity index (χ2v) is 28.7. The van der Waals surface area contributed by atoms with Crippen molar-refractivity contribution in [1.29, 1.82) is 0 Å². The average Bonchev–Trinajstić information content (AvgIpc) is 0.716. The number of carbonyl (C=O) groups excluding carboxylic acids is 8. The van der Waals surface area contributed by atoms with Gasteiger partial charge in [0.25, 0.3) is 0 Å². The molecular weight excluding hydrogens is 1170 g/mol. The van der Waals surface area contributed by atoms with Crippen LogP contribution in [-0.2, 0) is 76.3 Å². The van der Waals surface area contributed by atoms with E-state index in [2.05, 4.69) is 137 Å². The van der Waals surface area contributed by atoms with Crippen LogP contribution in [0.5, 0.6) is 0 Å². The van der Waals surface area contributed by atoms with Gasteiger partial charge in [-0.3, -0.25) is 38.4 Å².